The smallest absolute Gasteiger partial charge is 0.242 e. The fourth-order valence-electron chi connectivity index (χ4n) is 0.886. The number of rotatable bonds is 0. The van der Waals surface area contributed by atoms with Crippen molar-refractivity contribution in [2.45, 2.75) is 0 Å². The van der Waals surface area contributed by atoms with Crippen LogP contribution in [-0.2, 0) is 0 Å². The monoisotopic (exact) mass is 150 g/mol. The summed E-state index contributed by atoms with van der Waals surface area (Å²) >= 11 is 0. The summed E-state index contributed by atoms with van der Waals surface area (Å²) in [5.41, 5.74) is 6.94. The first-order chi connectivity index (χ1) is 5.38. The minimum Gasteiger partial charge on any atom is -0.492 e. The maximum absolute atomic E-state index is 9.11. The zero-order valence-corrected chi connectivity index (χ0v) is 5.57. The highest BCUT2D eigenvalue weighted by molar-refractivity contribution is 6.14. The van der Waals surface area contributed by atoms with Gasteiger partial charge in [0.1, 0.15) is 0 Å². The van der Waals surface area contributed by atoms with E-state index in [2.05, 4.69) is 21.1 Å². The molecule has 0 bridgehead atoms. The van der Waals surface area contributed by atoms with E-state index in [1.54, 1.807) is 12.3 Å². The highest BCUT2D eigenvalue weighted by Crippen LogP contribution is 2.08. The molecule has 0 aromatic rings. The maximum Gasteiger partial charge on any atom is 0.242 e. The van der Waals surface area contributed by atoms with Gasteiger partial charge in [-0.1, -0.05) is 0 Å². The van der Waals surface area contributed by atoms with Crippen LogP contribution in [0, 0.1) is 0 Å². The molecule has 0 aromatic carbocycles. The average molecular weight is 150 g/mol. The minimum atomic E-state index is -0.0548. The summed E-state index contributed by atoms with van der Waals surface area (Å²) in [5.74, 6) is -0.0548. The molecule has 5 heteroatoms. The summed E-state index contributed by atoms with van der Waals surface area (Å²) in [4.78, 5) is 0. The molecule has 0 unspecified atom stereocenters. The van der Waals surface area contributed by atoms with Crippen LogP contribution in [-0.4, -0.2) is 17.2 Å². The van der Waals surface area contributed by atoms with Gasteiger partial charge in [0, 0.05) is 6.20 Å². The van der Waals surface area contributed by atoms with Crippen molar-refractivity contribution in [2.75, 3.05) is 0 Å². The van der Waals surface area contributed by atoms with Gasteiger partial charge < -0.3 is 16.0 Å². The lowest BCUT2D eigenvalue weighted by Gasteiger charge is -1.99. The van der Waals surface area contributed by atoms with Gasteiger partial charge in [0.15, 0.2) is 0 Å². The van der Waals surface area contributed by atoms with Gasteiger partial charge >= 0.3 is 0 Å². The second-order valence-corrected chi connectivity index (χ2v) is 2.10. The summed E-state index contributed by atoms with van der Waals surface area (Å²) in [5, 5.41) is 16.1. The molecule has 2 heterocycles. The van der Waals surface area contributed by atoms with E-state index >= 15 is 0 Å². The topological polar surface area (TPSA) is 69.0 Å². The van der Waals surface area contributed by atoms with E-state index in [4.69, 9.17) is 5.11 Å². The summed E-state index contributed by atoms with van der Waals surface area (Å²) in [6.07, 6.45) is 5.01. The van der Waals surface area contributed by atoms with Crippen molar-refractivity contribution in [3.63, 3.8) is 0 Å². The number of hydrogen-bond donors (Lipinski definition) is 3. The van der Waals surface area contributed by atoms with Gasteiger partial charge in [-0.25, -0.2) is 0 Å². The van der Waals surface area contributed by atoms with Crippen LogP contribution in [0.1, 0.15) is 0 Å². The average Bonchev–Trinajstić information content (AvgIpc) is 2.55. The predicted octanol–water partition coefficient (Wildman–Crippen LogP) is -0.182. The van der Waals surface area contributed by atoms with Crippen LogP contribution in [0.4, 0.5) is 0 Å². The number of aliphatic hydroxyl groups excluding tert-OH is 1. The van der Waals surface area contributed by atoms with Crippen LogP contribution in [0.2, 0.25) is 0 Å². The van der Waals surface area contributed by atoms with Gasteiger partial charge in [-0.05, 0) is 6.08 Å². The maximum atomic E-state index is 9.11. The Morgan fingerprint density at radius 3 is 2.91 bits per heavy atom. The first-order valence-corrected chi connectivity index (χ1v) is 3.10. The molecule has 2 aliphatic heterocycles. The summed E-state index contributed by atoms with van der Waals surface area (Å²) in [7, 11) is 0. The molecule has 2 rings (SSSR count). The highest BCUT2D eigenvalue weighted by atomic mass is 16.3. The lowest BCUT2D eigenvalue weighted by molar-refractivity contribution is 0.553. The number of nitrogens with zero attached hydrogens (tertiary/aromatic N) is 2. The standard InChI is InChI=1S/C6H6N4O/c11-6-4(3-8-10-6)5-1-2-7-9-5/h1-3,7,9H,(H,10,11). The molecule has 0 saturated carbocycles. The van der Waals surface area contributed by atoms with E-state index < -0.39 is 0 Å². The molecule has 56 valence electrons. The SMILES string of the molecule is OC1=NN=CC1=C1C=CNN1. The fourth-order valence-corrected chi connectivity index (χ4v) is 0.886. The van der Waals surface area contributed by atoms with Gasteiger partial charge in [-0.15, -0.1) is 5.10 Å². The zero-order valence-electron chi connectivity index (χ0n) is 5.57. The Balaban J connectivity index is 2.40. The molecular formula is C6H6N4O. The van der Waals surface area contributed by atoms with Gasteiger partial charge in [0.2, 0.25) is 5.90 Å². The molecule has 5 nitrogen and oxygen atoms in total. The molecule has 0 saturated heterocycles. The van der Waals surface area contributed by atoms with E-state index in [0.717, 1.165) is 5.70 Å². The summed E-state index contributed by atoms with van der Waals surface area (Å²) in [6, 6.07) is 0. The van der Waals surface area contributed by atoms with Crippen LogP contribution < -0.4 is 10.9 Å². The van der Waals surface area contributed by atoms with E-state index in [9.17, 15) is 0 Å². The molecular weight excluding hydrogens is 144 g/mol. The van der Waals surface area contributed by atoms with Gasteiger partial charge in [0.25, 0.3) is 0 Å². The predicted molar refractivity (Wildman–Crippen MR) is 41.0 cm³/mol. The van der Waals surface area contributed by atoms with Crippen molar-refractivity contribution in [2.24, 2.45) is 10.2 Å². The zero-order chi connectivity index (χ0) is 7.68. The van der Waals surface area contributed by atoms with Crippen molar-refractivity contribution in [3.05, 3.63) is 23.5 Å². The Hall–Kier alpha value is -1.78. The van der Waals surface area contributed by atoms with Crippen LogP contribution in [0.25, 0.3) is 0 Å². The van der Waals surface area contributed by atoms with Gasteiger partial charge in [-0.3, -0.25) is 0 Å². The molecule has 0 aliphatic carbocycles. The quantitative estimate of drug-likeness (QED) is 0.448. The Kier molecular flexibility index (Phi) is 1.15. The normalized spacial score (nSPS) is 26.7. The third-order valence-corrected chi connectivity index (χ3v) is 1.41. The van der Waals surface area contributed by atoms with Crippen molar-refractivity contribution in [1.82, 2.24) is 10.9 Å². The molecule has 0 radical (unpaired) electrons. The van der Waals surface area contributed by atoms with Crippen LogP contribution in [0.15, 0.2) is 33.7 Å². The second-order valence-electron chi connectivity index (χ2n) is 2.10. The van der Waals surface area contributed by atoms with E-state index in [0.29, 0.717) is 5.57 Å². The Labute approximate surface area is 62.8 Å². The van der Waals surface area contributed by atoms with E-state index in [1.807, 2.05) is 0 Å². The van der Waals surface area contributed by atoms with Crippen molar-refractivity contribution in [1.29, 1.82) is 0 Å². The Bertz CT molecular complexity index is 300. The van der Waals surface area contributed by atoms with Crippen molar-refractivity contribution >= 4 is 12.1 Å². The second kappa shape index (κ2) is 2.12. The summed E-state index contributed by atoms with van der Waals surface area (Å²) in [6.45, 7) is 0. The molecule has 3 N–H and O–H groups in total. The first-order valence-electron chi connectivity index (χ1n) is 3.10. The van der Waals surface area contributed by atoms with Crippen LogP contribution >= 0.6 is 0 Å². The molecule has 0 atom stereocenters. The molecule has 2 aliphatic rings. The highest BCUT2D eigenvalue weighted by Gasteiger charge is 2.14. The fraction of sp³-hybridized carbons (Fsp3) is 0. The lowest BCUT2D eigenvalue weighted by Crippen LogP contribution is -2.21. The molecule has 0 amide bonds. The number of hydrogen-bond acceptors (Lipinski definition) is 4. The minimum absolute atomic E-state index is 0.0548. The Morgan fingerprint density at radius 2 is 2.36 bits per heavy atom. The number of hydrazine groups is 1. The molecule has 0 fully saturated rings. The third-order valence-electron chi connectivity index (χ3n) is 1.41. The third kappa shape index (κ3) is 0.861. The first kappa shape index (κ1) is 5.96. The molecule has 11 heavy (non-hydrogen) atoms. The number of allylic oxidation sites excluding steroid dienone is 1. The molecule has 0 spiro atoms. The largest absolute Gasteiger partial charge is 0.492 e. The Morgan fingerprint density at radius 1 is 1.45 bits per heavy atom. The number of nitrogens with one attached hydrogen (secondary N) is 2. The van der Waals surface area contributed by atoms with E-state index in [-0.39, 0.29) is 5.90 Å². The number of aliphatic hydroxyl groups is 1. The van der Waals surface area contributed by atoms with Gasteiger partial charge in [0.05, 0.1) is 17.5 Å². The molecule has 0 aromatic heterocycles. The van der Waals surface area contributed by atoms with E-state index in [1.165, 1.54) is 6.21 Å². The van der Waals surface area contributed by atoms with Crippen molar-refractivity contribution in [3.8, 4) is 0 Å². The lowest BCUT2D eigenvalue weighted by atomic mass is 10.2. The van der Waals surface area contributed by atoms with Crippen LogP contribution in [0.3, 0.4) is 0 Å². The van der Waals surface area contributed by atoms with Gasteiger partial charge in [-0.2, -0.15) is 5.10 Å². The van der Waals surface area contributed by atoms with Crippen molar-refractivity contribution < 1.29 is 5.11 Å². The summed E-state index contributed by atoms with van der Waals surface area (Å²) < 4.78 is 0. The van der Waals surface area contributed by atoms with Crippen LogP contribution in [0.5, 0.6) is 0 Å².